The summed E-state index contributed by atoms with van der Waals surface area (Å²) >= 11 is 9.89. The zero-order chi connectivity index (χ0) is 19.1. The molecule has 1 aromatic heterocycles. The van der Waals surface area contributed by atoms with Gasteiger partial charge in [0.05, 0.1) is 11.7 Å². The Morgan fingerprint density at radius 2 is 2.04 bits per heavy atom. The Kier molecular flexibility index (Phi) is 5.41. The molecule has 1 saturated heterocycles. The molecule has 1 aliphatic heterocycles. The van der Waals surface area contributed by atoms with Crippen molar-refractivity contribution in [1.82, 2.24) is 9.88 Å². The lowest BCUT2D eigenvalue weighted by atomic mass is 9.74. The third kappa shape index (κ3) is 3.72. The first-order valence-corrected chi connectivity index (χ1v) is 10.7. The number of fused-ring (bicyclic) bond motifs is 2. The van der Waals surface area contributed by atoms with E-state index in [9.17, 15) is 4.79 Å². The van der Waals surface area contributed by atoms with E-state index in [1.807, 2.05) is 12.3 Å². The molecule has 27 heavy (non-hydrogen) atoms. The van der Waals surface area contributed by atoms with Crippen molar-refractivity contribution in [3.63, 3.8) is 0 Å². The molecule has 2 aromatic rings. The van der Waals surface area contributed by atoms with Crippen molar-refractivity contribution in [2.45, 2.75) is 44.6 Å². The average Bonchev–Trinajstić information content (AvgIpc) is 2.78. The molecule has 0 amide bonds. The summed E-state index contributed by atoms with van der Waals surface area (Å²) in [7, 11) is 2.06. The van der Waals surface area contributed by atoms with E-state index in [2.05, 4.69) is 46.1 Å². The number of nitrogens with zero attached hydrogens (tertiary/aromatic N) is 2. The summed E-state index contributed by atoms with van der Waals surface area (Å²) in [6, 6.07) is 8.50. The first-order chi connectivity index (χ1) is 12.9. The molecular formula is C22H24BrClN2O. The molecule has 0 spiro atoms. The number of Topliss-reactive ketones (excluding diaryl/α,β-unsaturated/α-hetero) is 1. The van der Waals surface area contributed by atoms with E-state index in [1.165, 1.54) is 22.4 Å². The van der Waals surface area contributed by atoms with Gasteiger partial charge in [-0.15, -0.1) is 0 Å². The number of rotatable bonds is 2. The van der Waals surface area contributed by atoms with Gasteiger partial charge in [0.25, 0.3) is 0 Å². The smallest absolute Gasteiger partial charge is 0.146 e. The summed E-state index contributed by atoms with van der Waals surface area (Å²) in [6.07, 6.45) is 5.80. The lowest BCUT2D eigenvalue weighted by Gasteiger charge is -2.39. The SMILES string of the molecule is CC(=O)[C@H]1CC(C2c3ccc(Cl)cc3CCc3cc(Br)cnc32)CCN1C. The predicted octanol–water partition coefficient (Wildman–Crippen LogP) is 5.03. The van der Waals surface area contributed by atoms with Gasteiger partial charge in [0.1, 0.15) is 5.78 Å². The number of piperidine rings is 1. The number of pyridine rings is 1. The molecule has 4 rings (SSSR count). The standard InChI is InChI=1S/C22H24BrClN2O/c1-13(27)20-11-15(7-8-26(20)2)21-19-6-5-18(24)10-14(19)3-4-16-9-17(23)12-25-22(16)21/h5-6,9-10,12,15,20-21H,3-4,7-8,11H2,1-2H3/t15?,20-,21?/m1/s1. The van der Waals surface area contributed by atoms with Crippen LogP contribution < -0.4 is 0 Å². The number of likely N-dealkylation sites (N-methyl/N-ethyl adjacent to an activating group) is 1. The lowest BCUT2D eigenvalue weighted by Crippen LogP contribution is -2.45. The molecule has 0 radical (unpaired) electrons. The second kappa shape index (κ2) is 7.65. The van der Waals surface area contributed by atoms with Crippen LogP contribution in [0.4, 0.5) is 0 Å². The maximum Gasteiger partial charge on any atom is 0.146 e. The van der Waals surface area contributed by atoms with Gasteiger partial charge in [-0.1, -0.05) is 17.7 Å². The van der Waals surface area contributed by atoms with Crippen molar-refractivity contribution in [3.8, 4) is 0 Å². The first kappa shape index (κ1) is 19.1. The van der Waals surface area contributed by atoms with Crippen molar-refractivity contribution in [1.29, 1.82) is 0 Å². The van der Waals surface area contributed by atoms with Crippen LogP contribution in [0.1, 0.15) is 48.1 Å². The van der Waals surface area contributed by atoms with Crippen molar-refractivity contribution in [3.05, 3.63) is 62.3 Å². The number of carbonyl (C=O) groups is 1. The van der Waals surface area contributed by atoms with E-state index in [0.717, 1.165) is 41.7 Å². The van der Waals surface area contributed by atoms with Crippen LogP contribution in [0.5, 0.6) is 0 Å². The molecule has 142 valence electrons. The largest absolute Gasteiger partial charge is 0.298 e. The van der Waals surface area contributed by atoms with Crippen LogP contribution in [0.15, 0.2) is 34.9 Å². The molecule has 1 fully saturated rings. The highest BCUT2D eigenvalue weighted by molar-refractivity contribution is 9.10. The predicted molar refractivity (Wildman–Crippen MR) is 112 cm³/mol. The number of aryl methyl sites for hydroxylation is 2. The molecule has 0 N–H and O–H groups in total. The van der Waals surface area contributed by atoms with Gasteiger partial charge in [0, 0.05) is 21.6 Å². The minimum Gasteiger partial charge on any atom is -0.298 e. The van der Waals surface area contributed by atoms with Gasteiger partial charge >= 0.3 is 0 Å². The number of hydrogen-bond donors (Lipinski definition) is 0. The molecule has 1 aromatic carbocycles. The first-order valence-electron chi connectivity index (χ1n) is 9.57. The summed E-state index contributed by atoms with van der Waals surface area (Å²) in [4.78, 5) is 19.3. The number of aromatic nitrogens is 1. The van der Waals surface area contributed by atoms with Crippen molar-refractivity contribution in [2.24, 2.45) is 5.92 Å². The molecule has 0 saturated carbocycles. The summed E-state index contributed by atoms with van der Waals surface area (Å²) < 4.78 is 1.02. The Hall–Kier alpha value is -1.23. The van der Waals surface area contributed by atoms with E-state index in [-0.39, 0.29) is 17.7 Å². The van der Waals surface area contributed by atoms with Gasteiger partial charge in [-0.2, -0.15) is 0 Å². The van der Waals surface area contributed by atoms with Gasteiger partial charge in [-0.25, -0.2) is 0 Å². The third-order valence-electron chi connectivity index (χ3n) is 6.22. The van der Waals surface area contributed by atoms with E-state index in [4.69, 9.17) is 16.6 Å². The van der Waals surface area contributed by atoms with Crippen LogP contribution in [0.3, 0.4) is 0 Å². The normalized spacial score (nSPS) is 25.4. The topological polar surface area (TPSA) is 33.2 Å². The Morgan fingerprint density at radius 1 is 1.26 bits per heavy atom. The molecule has 3 atom stereocenters. The summed E-state index contributed by atoms with van der Waals surface area (Å²) in [5, 5.41) is 0.789. The van der Waals surface area contributed by atoms with Crippen LogP contribution in [-0.2, 0) is 17.6 Å². The minimum atomic E-state index is 0.00153. The second-order valence-corrected chi connectivity index (χ2v) is 9.26. The number of hydrogen-bond acceptors (Lipinski definition) is 3. The number of benzene rings is 1. The maximum absolute atomic E-state index is 12.2. The quantitative estimate of drug-likeness (QED) is 0.647. The average molecular weight is 448 g/mol. The highest BCUT2D eigenvalue weighted by Gasteiger charge is 2.37. The van der Waals surface area contributed by atoms with Crippen LogP contribution in [0, 0.1) is 5.92 Å². The highest BCUT2D eigenvalue weighted by atomic mass is 79.9. The van der Waals surface area contributed by atoms with Crippen molar-refractivity contribution in [2.75, 3.05) is 13.6 Å². The fourth-order valence-corrected chi connectivity index (χ4v) is 5.42. The van der Waals surface area contributed by atoms with Crippen LogP contribution in [-0.4, -0.2) is 35.3 Å². The molecule has 5 heteroatoms. The van der Waals surface area contributed by atoms with Crippen LogP contribution in [0.2, 0.25) is 5.02 Å². The number of halogens is 2. The van der Waals surface area contributed by atoms with Gasteiger partial charge in [-0.3, -0.25) is 14.7 Å². The summed E-state index contributed by atoms with van der Waals surface area (Å²) in [6.45, 7) is 2.66. The second-order valence-electron chi connectivity index (χ2n) is 7.91. The number of ketones is 1. The Morgan fingerprint density at radius 3 is 2.81 bits per heavy atom. The van der Waals surface area contributed by atoms with Crippen LogP contribution in [0.25, 0.3) is 0 Å². The van der Waals surface area contributed by atoms with E-state index in [0.29, 0.717) is 5.92 Å². The fraction of sp³-hybridized carbons (Fsp3) is 0.455. The van der Waals surface area contributed by atoms with E-state index < -0.39 is 0 Å². The molecule has 3 nitrogen and oxygen atoms in total. The Labute approximate surface area is 174 Å². The van der Waals surface area contributed by atoms with Crippen molar-refractivity contribution < 1.29 is 4.79 Å². The molecule has 0 bridgehead atoms. The number of likely N-dealkylation sites (tertiary alicyclic amines) is 1. The molecule has 1 aliphatic carbocycles. The fourth-order valence-electron chi connectivity index (χ4n) is 4.85. The monoisotopic (exact) mass is 446 g/mol. The minimum absolute atomic E-state index is 0.00153. The maximum atomic E-state index is 12.2. The lowest BCUT2D eigenvalue weighted by molar-refractivity contribution is -0.123. The van der Waals surface area contributed by atoms with Gasteiger partial charge in [-0.05, 0) is 103 Å². The van der Waals surface area contributed by atoms with E-state index >= 15 is 0 Å². The number of carbonyl (C=O) groups excluding carboxylic acids is 1. The van der Waals surface area contributed by atoms with Gasteiger partial charge < -0.3 is 0 Å². The van der Waals surface area contributed by atoms with Crippen LogP contribution >= 0.6 is 27.5 Å². The summed E-state index contributed by atoms with van der Waals surface area (Å²) in [5.74, 6) is 0.884. The van der Waals surface area contributed by atoms with Gasteiger partial charge in [0.2, 0.25) is 0 Å². The molecule has 2 unspecified atom stereocenters. The summed E-state index contributed by atoms with van der Waals surface area (Å²) in [5.41, 5.74) is 5.14. The molecule has 2 aliphatic rings. The third-order valence-corrected chi connectivity index (χ3v) is 6.89. The van der Waals surface area contributed by atoms with Crippen molar-refractivity contribution >= 4 is 33.3 Å². The Bertz CT molecular complexity index is 831. The highest BCUT2D eigenvalue weighted by Crippen LogP contribution is 2.44. The zero-order valence-corrected chi connectivity index (χ0v) is 18.1. The molecular weight excluding hydrogens is 424 g/mol. The Balaban J connectivity index is 1.82. The molecule has 2 heterocycles. The van der Waals surface area contributed by atoms with E-state index in [1.54, 1.807) is 6.92 Å². The zero-order valence-electron chi connectivity index (χ0n) is 15.7. The van der Waals surface area contributed by atoms with Gasteiger partial charge in [0.15, 0.2) is 0 Å².